The van der Waals surface area contributed by atoms with Crippen molar-refractivity contribution in [1.82, 2.24) is 44.7 Å². The molecule has 1 unspecified atom stereocenters. The second-order valence-electron chi connectivity index (χ2n) is 13.5. The van der Waals surface area contributed by atoms with Crippen molar-refractivity contribution in [2.75, 3.05) is 0 Å². The van der Waals surface area contributed by atoms with E-state index in [-0.39, 0.29) is 44.6 Å². The quantitative estimate of drug-likeness (QED) is 0.205. The first-order chi connectivity index (χ1) is 21.8. The summed E-state index contributed by atoms with van der Waals surface area (Å²) < 4.78 is 40.4. The van der Waals surface area contributed by atoms with Crippen molar-refractivity contribution in [1.29, 1.82) is 0 Å². The fraction of sp³-hybridized carbons (Fsp3) is 0.387. The molecular formula is C31H32ClF2N9O2Si. The number of aromatic nitrogens is 9. The van der Waals surface area contributed by atoms with Gasteiger partial charge in [-0.05, 0) is 66.0 Å². The Bertz CT molecular complexity index is 2030. The van der Waals surface area contributed by atoms with Gasteiger partial charge in [0.1, 0.15) is 23.7 Å². The van der Waals surface area contributed by atoms with Crippen LogP contribution in [0.4, 0.5) is 8.78 Å². The first kappa shape index (κ1) is 30.5. The molecule has 0 bridgehead atoms. The number of imidazole rings is 1. The molecule has 46 heavy (non-hydrogen) atoms. The Kier molecular flexibility index (Phi) is 7.10. The second-order valence-corrected chi connectivity index (χ2v) is 18.8. The highest BCUT2D eigenvalue weighted by Gasteiger charge is 2.55. The minimum absolute atomic E-state index is 0.0249. The number of nitrogens with zero attached hydrogens (tertiary/aromatic N) is 8. The lowest BCUT2D eigenvalue weighted by molar-refractivity contribution is 0.266. The number of hydrogen-bond acceptors (Lipinski definition) is 8. The Hall–Kier alpha value is -4.14. The number of nitrogens with one attached hydrogen (secondary N) is 1. The number of aromatic amines is 1. The zero-order valence-corrected chi connectivity index (χ0v) is 27.7. The predicted octanol–water partition coefficient (Wildman–Crippen LogP) is 6.15. The summed E-state index contributed by atoms with van der Waals surface area (Å²) in [6.45, 7) is 10.7. The van der Waals surface area contributed by atoms with Gasteiger partial charge in [0.2, 0.25) is 0 Å². The molecule has 5 aromatic rings. The zero-order valence-electron chi connectivity index (χ0n) is 26.0. The summed E-state index contributed by atoms with van der Waals surface area (Å²) >= 11 is 6.16. The van der Waals surface area contributed by atoms with Gasteiger partial charge in [-0.15, -0.1) is 5.10 Å². The minimum atomic E-state index is -2.12. The molecule has 11 nitrogen and oxygen atoms in total. The van der Waals surface area contributed by atoms with Crippen LogP contribution in [0.2, 0.25) is 23.2 Å². The lowest BCUT2D eigenvalue weighted by Gasteiger charge is -2.36. The molecule has 1 aliphatic heterocycles. The van der Waals surface area contributed by atoms with Gasteiger partial charge in [0.25, 0.3) is 5.56 Å². The molecule has 0 saturated heterocycles. The van der Waals surface area contributed by atoms with Crippen molar-refractivity contribution in [2.45, 2.75) is 76.2 Å². The molecule has 0 amide bonds. The van der Waals surface area contributed by atoms with Gasteiger partial charge in [-0.1, -0.05) is 32.4 Å². The van der Waals surface area contributed by atoms with Gasteiger partial charge in [0.05, 0.1) is 46.5 Å². The highest BCUT2D eigenvalue weighted by atomic mass is 35.5. The first-order valence-electron chi connectivity index (χ1n) is 15.0. The van der Waals surface area contributed by atoms with E-state index in [2.05, 4.69) is 64.3 Å². The molecule has 1 aromatic carbocycles. The summed E-state index contributed by atoms with van der Waals surface area (Å²) in [5.74, 6) is -0.141. The number of tetrazole rings is 1. The average molecular weight is 664 g/mol. The predicted molar refractivity (Wildman–Crippen MR) is 169 cm³/mol. The van der Waals surface area contributed by atoms with Gasteiger partial charge >= 0.3 is 0 Å². The van der Waals surface area contributed by atoms with Crippen LogP contribution in [0.1, 0.15) is 63.4 Å². The maximum Gasteiger partial charge on any atom is 0.254 e. The maximum absolute atomic E-state index is 15.8. The molecule has 1 fully saturated rings. The fourth-order valence-corrected chi connectivity index (χ4v) is 6.88. The van der Waals surface area contributed by atoms with E-state index in [1.54, 1.807) is 29.1 Å². The number of pyridine rings is 1. The normalized spacial score (nSPS) is 17.1. The van der Waals surface area contributed by atoms with Crippen LogP contribution >= 0.6 is 11.6 Å². The summed E-state index contributed by atoms with van der Waals surface area (Å²) in [6, 6.07) is 5.40. The van der Waals surface area contributed by atoms with E-state index in [4.69, 9.17) is 21.0 Å². The third-order valence-electron chi connectivity index (χ3n) is 9.64. The maximum atomic E-state index is 15.8. The summed E-state index contributed by atoms with van der Waals surface area (Å²) in [5, 5.41) is 11.0. The van der Waals surface area contributed by atoms with E-state index in [0.717, 1.165) is 12.8 Å². The third-order valence-corrected chi connectivity index (χ3v) is 14.4. The first-order valence-corrected chi connectivity index (χ1v) is 18.3. The largest absolute Gasteiger partial charge is 0.411 e. The van der Waals surface area contributed by atoms with Gasteiger partial charge in [0.15, 0.2) is 20.0 Å². The standard InChI is InChI=1S/C31H32ClF2N9O2Si/c1-30(2,3)46(4,5)45-15-21-26(33)17(8-11-35-21)20-14-36-28(38-20)23-13-31(9-10-31)29-39-19(12-24(44)43(23)29)25-22(42-16-37-40-41-42)7-6-18(32)27(25)34/h6-8,11-12,14,16,23H,9-10,13,15H2,1-5H3,(H,36,38). The van der Waals surface area contributed by atoms with Crippen molar-refractivity contribution in [3.05, 3.63) is 87.3 Å². The Morgan fingerprint density at radius 1 is 1.15 bits per heavy atom. The van der Waals surface area contributed by atoms with E-state index in [1.807, 2.05) is 0 Å². The summed E-state index contributed by atoms with van der Waals surface area (Å²) in [5.41, 5.74) is 0.750. The van der Waals surface area contributed by atoms with Crippen molar-refractivity contribution >= 4 is 19.9 Å². The Morgan fingerprint density at radius 3 is 2.63 bits per heavy atom. The van der Waals surface area contributed by atoms with Gasteiger partial charge in [-0.3, -0.25) is 14.3 Å². The van der Waals surface area contributed by atoms with Crippen LogP contribution < -0.4 is 5.56 Å². The van der Waals surface area contributed by atoms with Gasteiger partial charge in [-0.2, -0.15) is 4.68 Å². The Labute approximate surface area is 269 Å². The molecule has 1 saturated carbocycles. The van der Waals surface area contributed by atoms with Gasteiger partial charge in [0, 0.05) is 23.2 Å². The zero-order chi connectivity index (χ0) is 32.6. The van der Waals surface area contributed by atoms with Gasteiger partial charge in [-0.25, -0.2) is 18.7 Å². The number of fused-ring (bicyclic) bond motifs is 2. The minimum Gasteiger partial charge on any atom is -0.411 e. The Morgan fingerprint density at radius 2 is 1.93 bits per heavy atom. The van der Waals surface area contributed by atoms with Gasteiger partial charge < -0.3 is 9.41 Å². The monoisotopic (exact) mass is 663 g/mol. The SMILES string of the molecule is CC(C)(C)[Si](C)(C)OCc1nccc(-c2cnc(C3CC4(CC4)c4nc(-c5c(-n6cnnn6)ccc(Cl)c5F)cc(=O)n43)[nH]2)c1F. The summed E-state index contributed by atoms with van der Waals surface area (Å²) in [6.07, 6.45) is 6.67. The number of halogens is 3. The molecule has 238 valence electrons. The molecule has 4 aromatic heterocycles. The topological polar surface area (TPSA) is 129 Å². The molecular weight excluding hydrogens is 632 g/mol. The molecule has 2 aliphatic rings. The van der Waals surface area contributed by atoms with Crippen LogP contribution in [0.25, 0.3) is 28.2 Å². The molecule has 1 N–H and O–H groups in total. The average Bonchev–Trinajstić information content (AvgIpc) is 3.34. The van der Waals surface area contributed by atoms with Crippen LogP contribution in [-0.2, 0) is 16.4 Å². The molecule has 0 radical (unpaired) electrons. The van der Waals surface area contributed by atoms with Crippen LogP contribution in [-0.4, -0.2) is 53.0 Å². The molecule has 1 spiro atoms. The molecule has 5 heterocycles. The van der Waals surface area contributed by atoms with Crippen LogP contribution in [0.15, 0.2) is 47.8 Å². The lowest BCUT2D eigenvalue weighted by atomic mass is 10.0. The Balaban J connectivity index is 1.24. The summed E-state index contributed by atoms with van der Waals surface area (Å²) in [7, 11) is -2.12. The number of benzene rings is 1. The van der Waals surface area contributed by atoms with E-state index < -0.39 is 26.0 Å². The lowest BCUT2D eigenvalue weighted by Crippen LogP contribution is -2.40. The smallest absolute Gasteiger partial charge is 0.254 e. The van der Waals surface area contributed by atoms with Crippen molar-refractivity contribution in [3.63, 3.8) is 0 Å². The van der Waals surface area contributed by atoms with Crippen molar-refractivity contribution < 1.29 is 13.2 Å². The molecule has 1 atom stereocenters. The number of H-pyrrole nitrogens is 1. The molecule has 7 rings (SSSR count). The highest BCUT2D eigenvalue weighted by Crippen LogP contribution is 2.58. The highest BCUT2D eigenvalue weighted by molar-refractivity contribution is 6.74. The van der Waals surface area contributed by atoms with Crippen LogP contribution in [0.5, 0.6) is 0 Å². The van der Waals surface area contributed by atoms with E-state index in [0.29, 0.717) is 35.0 Å². The summed E-state index contributed by atoms with van der Waals surface area (Å²) in [4.78, 5) is 30.8. The fourth-order valence-electron chi connectivity index (χ4n) is 5.80. The van der Waals surface area contributed by atoms with Crippen molar-refractivity contribution in [3.8, 4) is 28.2 Å². The van der Waals surface area contributed by atoms with E-state index in [9.17, 15) is 4.79 Å². The third kappa shape index (κ3) is 4.99. The van der Waals surface area contributed by atoms with E-state index in [1.165, 1.54) is 23.1 Å². The number of hydrogen-bond donors (Lipinski definition) is 1. The molecule has 1 aliphatic carbocycles. The van der Waals surface area contributed by atoms with Crippen LogP contribution in [0, 0.1) is 11.6 Å². The second kappa shape index (κ2) is 10.7. The van der Waals surface area contributed by atoms with E-state index >= 15 is 8.78 Å². The molecule has 15 heteroatoms. The number of rotatable bonds is 7. The van der Waals surface area contributed by atoms with Crippen LogP contribution in [0.3, 0.4) is 0 Å². The van der Waals surface area contributed by atoms with Crippen molar-refractivity contribution in [2.24, 2.45) is 0 Å².